The Hall–Kier alpha value is -1.58. The molecule has 0 aliphatic heterocycles. The fourth-order valence-corrected chi connectivity index (χ4v) is 1.30. The van der Waals surface area contributed by atoms with E-state index < -0.39 is 0 Å². The van der Waals surface area contributed by atoms with Gasteiger partial charge in [-0.3, -0.25) is 0 Å². The number of hydrogen-bond acceptors (Lipinski definition) is 4. The van der Waals surface area contributed by atoms with Gasteiger partial charge in [-0.15, -0.1) is 0 Å². The first-order valence-corrected chi connectivity index (χ1v) is 4.56. The van der Waals surface area contributed by atoms with Crippen molar-refractivity contribution < 1.29 is 8.83 Å². The normalized spacial score (nSPS) is 10.7. The van der Waals surface area contributed by atoms with Gasteiger partial charge in [-0.1, -0.05) is 0 Å². The fourth-order valence-electron chi connectivity index (χ4n) is 1.30. The van der Waals surface area contributed by atoms with Crippen molar-refractivity contribution in [1.29, 1.82) is 0 Å². The minimum Gasteiger partial charge on any atom is -0.449 e. The molecule has 2 heterocycles. The molecule has 0 spiro atoms. The standard InChI is InChI=1S/C10H12N2O2/c1-7-11-9(5-13-7)3-4-10-6-14-8(2)12-10/h5-6H,3-4H2,1-2H3. The van der Waals surface area contributed by atoms with Crippen LogP contribution in [0.3, 0.4) is 0 Å². The lowest BCUT2D eigenvalue weighted by Crippen LogP contribution is -1.91. The first-order chi connectivity index (χ1) is 6.74. The van der Waals surface area contributed by atoms with Crippen molar-refractivity contribution in [3.05, 3.63) is 35.7 Å². The molecule has 0 bridgehead atoms. The summed E-state index contributed by atoms with van der Waals surface area (Å²) >= 11 is 0. The smallest absolute Gasteiger partial charge is 0.191 e. The van der Waals surface area contributed by atoms with Crippen molar-refractivity contribution in [2.45, 2.75) is 26.7 Å². The Morgan fingerprint density at radius 3 is 1.64 bits per heavy atom. The van der Waals surface area contributed by atoms with Crippen molar-refractivity contribution in [2.24, 2.45) is 0 Å². The summed E-state index contributed by atoms with van der Waals surface area (Å²) < 4.78 is 10.2. The summed E-state index contributed by atoms with van der Waals surface area (Å²) in [6, 6.07) is 0. The molecule has 0 unspecified atom stereocenters. The number of nitrogens with zero attached hydrogens (tertiary/aromatic N) is 2. The third-order valence-electron chi connectivity index (χ3n) is 1.97. The van der Waals surface area contributed by atoms with Crippen LogP contribution in [0.5, 0.6) is 0 Å². The average molecular weight is 192 g/mol. The van der Waals surface area contributed by atoms with E-state index in [-0.39, 0.29) is 0 Å². The lowest BCUT2D eigenvalue weighted by Gasteiger charge is -1.90. The summed E-state index contributed by atoms with van der Waals surface area (Å²) in [7, 11) is 0. The zero-order chi connectivity index (χ0) is 9.97. The van der Waals surface area contributed by atoms with Gasteiger partial charge in [-0.05, 0) is 12.8 Å². The Morgan fingerprint density at radius 2 is 1.36 bits per heavy atom. The number of oxazole rings is 2. The van der Waals surface area contributed by atoms with Gasteiger partial charge in [0.15, 0.2) is 11.8 Å². The van der Waals surface area contributed by atoms with E-state index in [0.717, 1.165) is 24.2 Å². The van der Waals surface area contributed by atoms with Gasteiger partial charge < -0.3 is 8.83 Å². The van der Waals surface area contributed by atoms with Gasteiger partial charge in [-0.2, -0.15) is 0 Å². The molecule has 0 aliphatic carbocycles. The molecule has 0 N–H and O–H groups in total. The maximum Gasteiger partial charge on any atom is 0.191 e. The van der Waals surface area contributed by atoms with E-state index in [1.54, 1.807) is 12.5 Å². The summed E-state index contributed by atoms with van der Waals surface area (Å²) in [6.07, 6.45) is 5.04. The van der Waals surface area contributed by atoms with E-state index in [2.05, 4.69) is 9.97 Å². The summed E-state index contributed by atoms with van der Waals surface area (Å²) in [5, 5.41) is 0. The zero-order valence-corrected chi connectivity index (χ0v) is 8.28. The number of aromatic nitrogens is 2. The molecule has 2 rings (SSSR count). The molecule has 0 aromatic carbocycles. The second-order valence-corrected chi connectivity index (χ2v) is 3.22. The highest BCUT2D eigenvalue weighted by Gasteiger charge is 2.03. The number of rotatable bonds is 3. The Labute approximate surface area is 82.0 Å². The minimum atomic E-state index is 0.705. The van der Waals surface area contributed by atoms with E-state index in [4.69, 9.17) is 8.83 Å². The molecule has 4 heteroatoms. The van der Waals surface area contributed by atoms with Crippen molar-refractivity contribution in [2.75, 3.05) is 0 Å². The molecular formula is C10H12N2O2. The van der Waals surface area contributed by atoms with Gasteiger partial charge in [0.25, 0.3) is 0 Å². The second-order valence-electron chi connectivity index (χ2n) is 3.22. The van der Waals surface area contributed by atoms with Crippen LogP contribution in [0.15, 0.2) is 21.4 Å². The van der Waals surface area contributed by atoms with Gasteiger partial charge in [0.1, 0.15) is 12.5 Å². The molecule has 0 atom stereocenters. The van der Waals surface area contributed by atoms with Crippen LogP contribution in [-0.2, 0) is 12.8 Å². The maximum atomic E-state index is 5.10. The molecule has 14 heavy (non-hydrogen) atoms. The van der Waals surface area contributed by atoms with E-state index >= 15 is 0 Å². The highest BCUT2D eigenvalue weighted by molar-refractivity contribution is 5.02. The Kier molecular flexibility index (Phi) is 2.35. The minimum absolute atomic E-state index is 0.705. The van der Waals surface area contributed by atoms with Gasteiger partial charge in [0.05, 0.1) is 11.4 Å². The topological polar surface area (TPSA) is 52.1 Å². The lowest BCUT2D eigenvalue weighted by molar-refractivity contribution is 0.519. The van der Waals surface area contributed by atoms with Crippen molar-refractivity contribution in [3.63, 3.8) is 0 Å². The third kappa shape index (κ3) is 2.02. The van der Waals surface area contributed by atoms with Gasteiger partial charge in [0.2, 0.25) is 0 Å². The van der Waals surface area contributed by atoms with Crippen molar-refractivity contribution in [1.82, 2.24) is 9.97 Å². The molecule has 0 amide bonds. The molecule has 2 aromatic rings. The molecular weight excluding hydrogens is 180 g/mol. The quantitative estimate of drug-likeness (QED) is 0.746. The van der Waals surface area contributed by atoms with Crippen LogP contribution in [0, 0.1) is 13.8 Å². The van der Waals surface area contributed by atoms with Gasteiger partial charge in [-0.25, -0.2) is 9.97 Å². The van der Waals surface area contributed by atoms with E-state index in [1.165, 1.54) is 0 Å². The Morgan fingerprint density at radius 1 is 0.929 bits per heavy atom. The van der Waals surface area contributed by atoms with Crippen molar-refractivity contribution >= 4 is 0 Å². The molecule has 74 valence electrons. The van der Waals surface area contributed by atoms with Crippen LogP contribution >= 0.6 is 0 Å². The van der Waals surface area contributed by atoms with E-state index in [1.807, 2.05) is 13.8 Å². The van der Waals surface area contributed by atoms with Crippen LogP contribution in [0.1, 0.15) is 23.2 Å². The van der Waals surface area contributed by atoms with E-state index in [0.29, 0.717) is 11.8 Å². The zero-order valence-electron chi connectivity index (χ0n) is 8.28. The summed E-state index contributed by atoms with van der Waals surface area (Å²) in [6.45, 7) is 3.67. The highest BCUT2D eigenvalue weighted by atomic mass is 16.3. The maximum absolute atomic E-state index is 5.10. The number of hydrogen-bond donors (Lipinski definition) is 0. The van der Waals surface area contributed by atoms with Crippen LogP contribution in [0.2, 0.25) is 0 Å². The second kappa shape index (κ2) is 3.65. The van der Waals surface area contributed by atoms with Gasteiger partial charge >= 0.3 is 0 Å². The molecule has 0 aliphatic rings. The molecule has 4 nitrogen and oxygen atoms in total. The summed E-state index contributed by atoms with van der Waals surface area (Å²) in [4.78, 5) is 8.41. The van der Waals surface area contributed by atoms with Crippen LogP contribution in [-0.4, -0.2) is 9.97 Å². The Balaban J connectivity index is 1.94. The molecule has 2 aromatic heterocycles. The SMILES string of the molecule is Cc1nc(CCc2coc(C)n2)co1. The van der Waals surface area contributed by atoms with Crippen LogP contribution in [0.25, 0.3) is 0 Å². The average Bonchev–Trinajstić information content (AvgIpc) is 2.72. The monoisotopic (exact) mass is 192 g/mol. The van der Waals surface area contributed by atoms with Crippen LogP contribution < -0.4 is 0 Å². The predicted molar refractivity (Wildman–Crippen MR) is 49.9 cm³/mol. The Bertz CT molecular complexity index is 377. The summed E-state index contributed by atoms with van der Waals surface area (Å²) in [5.41, 5.74) is 1.92. The first kappa shape index (κ1) is 8.99. The molecule has 0 fully saturated rings. The highest BCUT2D eigenvalue weighted by Crippen LogP contribution is 2.07. The molecule has 0 saturated carbocycles. The van der Waals surface area contributed by atoms with Crippen LogP contribution in [0.4, 0.5) is 0 Å². The molecule has 0 radical (unpaired) electrons. The predicted octanol–water partition coefficient (Wildman–Crippen LogP) is 2.06. The molecule has 0 saturated heterocycles. The number of aryl methyl sites for hydroxylation is 4. The lowest BCUT2D eigenvalue weighted by atomic mass is 10.2. The largest absolute Gasteiger partial charge is 0.449 e. The van der Waals surface area contributed by atoms with Gasteiger partial charge in [0, 0.05) is 13.8 Å². The summed E-state index contributed by atoms with van der Waals surface area (Å²) in [5.74, 6) is 1.41. The van der Waals surface area contributed by atoms with E-state index in [9.17, 15) is 0 Å². The van der Waals surface area contributed by atoms with Crippen molar-refractivity contribution in [3.8, 4) is 0 Å². The third-order valence-corrected chi connectivity index (χ3v) is 1.97. The fraction of sp³-hybridized carbons (Fsp3) is 0.400. The first-order valence-electron chi connectivity index (χ1n) is 4.56.